The molecule has 1 N–H and O–H groups in total. The molecule has 1 aliphatic rings. The summed E-state index contributed by atoms with van der Waals surface area (Å²) in [6.07, 6.45) is 7.27. The van der Waals surface area contributed by atoms with E-state index in [9.17, 15) is 0 Å². The first-order valence-electron chi connectivity index (χ1n) is 9.16. The minimum Gasteiger partial charge on any atom is -0.412 e. The highest BCUT2D eigenvalue weighted by atomic mass is 28.4. The van der Waals surface area contributed by atoms with Crippen molar-refractivity contribution in [1.29, 1.82) is 0 Å². The molecule has 2 rings (SSSR count). The first-order valence-corrected chi connectivity index (χ1v) is 12.1. The number of hydrogen-bond donors (Lipinski definition) is 1. The molecule has 2 atom stereocenters. The smallest absolute Gasteiger partial charge is 0.192 e. The molecule has 1 aromatic rings. The van der Waals surface area contributed by atoms with Crippen molar-refractivity contribution in [2.45, 2.75) is 96.7 Å². The summed E-state index contributed by atoms with van der Waals surface area (Å²) in [7, 11) is -1.70. The fraction of sp³-hybridized carbons (Fsp3) is 0.833. The van der Waals surface area contributed by atoms with Gasteiger partial charge in [-0.05, 0) is 44.0 Å². The van der Waals surface area contributed by atoms with Gasteiger partial charge in [-0.15, -0.1) is 0 Å². The van der Waals surface area contributed by atoms with Crippen molar-refractivity contribution in [2.24, 2.45) is 0 Å². The van der Waals surface area contributed by atoms with Crippen LogP contribution >= 0.6 is 0 Å². The number of nitrogens with zero attached hydrogens (tertiary/aromatic N) is 2. The Hall–Kier alpha value is -0.653. The molecule has 1 saturated carbocycles. The zero-order valence-corrected chi connectivity index (χ0v) is 16.9. The van der Waals surface area contributed by atoms with E-state index < -0.39 is 8.32 Å². The van der Waals surface area contributed by atoms with Crippen molar-refractivity contribution in [3.05, 3.63) is 18.0 Å². The molecule has 1 aromatic heterocycles. The van der Waals surface area contributed by atoms with Gasteiger partial charge in [-0.1, -0.05) is 33.6 Å². The summed E-state index contributed by atoms with van der Waals surface area (Å²) in [6.45, 7) is 15.7. The minimum absolute atomic E-state index is 0.274. The Balaban J connectivity index is 1.98. The van der Waals surface area contributed by atoms with E-state index in [4.69, 9.17) is 4.43 Å². The Morgan fingerprint density at radius 1 is 1.30 bits per heavy atom. The van der Waals surface area contributed by atoms with E-state index in [1.807, 2.05) is 6.20 Å². The molecule has 0 amide bonds. The van der Waals surface area contributed by atoms with Gasteiger partial charge in [0.15, 0.2) is 8.32 Å². The number of hydrogen-bond acceptors (Lipinski definition) is 3. The molecule has 4 nitrogen and oxygen atoms in total. The number of nitrogens with one attached hydrogen (secondary N) is 1. The van der Waals surface area contributed by atoms with Crippen LogP contribution < -0.4 is 5.32 Å². The van der Waals surface area contributed by atoms with Gasteiger partial charge in [-0.2, -0.15) is 5.10 Å². The van der Waals surface area contributed by atoms with Crippen LogP contribution in [0.3, 0.4) is 0 Å². The third-order valence-corrected chi connectivity index (χ3v) is 10.1. The average Bonchev–Trinajstić information content (AvgIpc) is 2.92. The van der Waals surface area contributed by atoms with Crippen LogP contribution in [0.5, 0.6) is 0 Å². The van der Waals surface area contributed by atoms with Crippen LogP contribution in [0.2, 0.25) is 18.1 Å². The number of aromatic nitrogens is 2. The predicted octanol–water partition coefficient (Wildman–Crippen LogP) is 4.33. The highest BCUT2D eigenvalue weighted by molar-refractivity contribution is 6.74. The van der Waals surface area contributed by atoms with E-state index in [1.165, 1.54) is 31.4 Å². The molecule has 23 heavy (non-hydrogen) atoms. The summed E-state index contributed by atoms with van der Waals surface area (Å²) in [5.41, 5.74) is 1.27. The molecule has 5 heteroatoms. The van der Waals surface area contributed by atoms with Crippen molar-refractivity contribution in [3.8, 4) is 0 Å². The topological polar surface area (TPSA) is 39.1 Å². The summed E-state index contributed by atoms with van der Waals surface area (Å²) in [5.74, 6) is 0. The largest absolute Gasteiger partial charge is 0.412 e. The lowest BCUT2D eigenvalue weighted by Gasteiger charge is -2.43. The zero-order valence-electron chi connectivity index (χ0n) is 15.9. The summed E-state index contributed by atoms with van der Waals surface area (Å²) in [6, 6.07) is 2.58. The second kappa shape index (κ2) is 7.49. The van der Waals surface area contributed by atoms with E-state index in [1.54, 1.807) is 0 Å². The van der Waals surface area contributed by atoms with E-state index in [2.05, 4.69) is 62.0 Å². The fourth-order valence-corrected chi connectivity index (χ4v) is 4.45. The van der Waals surface area contributed by atoms with Gasteiger partial charge in [-0.3, -0.25) is 4.68 Å². The Kier molecular flexibility index (Phi) is 6.08. The molecule has 0 unspecified atom stereocenters. The summed E-state index contributed by atoms with van der Waals surface area (Å²) < 4.78 is 8.81. The Labute approximate surface area is 143 Å². The van der Waals surface area contributed by atoms with Crippen LogP contribution in [0.1, 0.15) is 59.1 Å². The van der Waals surface area contributed by atoms with Crippen molar-refractivity contribution >= 4 is 8.32 Å². The zero-order chi connectivity index (χ0) is 17.1. The summed E-state index contributed by atoms with van der Waals surface area (Å²) >= 11 is 0. The Bertz CT molecular complexity index is 493. The first kappa shape index (κ1) is 18.7. The standard InChI is InChI=1S/C18H35N3OSi/c1-7-21-15(12-13-20-21)14-19-16-10-8-9-11-17(16)22-23(5,6)18(2,3)4/h12-13,16-17,19H,7-11,14H2,1-6H3/t16-,17-/m0/s1. The van der Waals surface area contributed by atoms with Crippen LogP contribution in [-0.4, -0.2) is 30.2 Å². The van der Waals surface area contributed by atoms with E-state index in [-0.39, 0.29) is 5.04 Å². The second-order valence-electron chi connectivity index (χ2n) is 8.33. The molecule has 1 fully saturated rings. The van der Waals surface area contributed by atoms with Crippen LogP contribution in [0, 0.1) is 0 Å². The summed E-state index contributed by atoms with van der Waals surface area (Å²) in [4.78, 5) is 0. The van der Waals surface area contributed by atoms with Crippen molar-refractivity contribution in [1.82, 2.24) is 15.1 Å². The molecular weight excluding hydrogens is 302 g/mol. The molecule has 0 aliphatic heterocycles. The number of rotatable bonds is 6. The normalized spacial score (nSPS) is 23.2. The molecule has 0 bridgehead atoms. The molecule has 0 saturated heterocycles. The molecule has 1 heterocycles. The van der Waals surface area contributed by atoms with Crippen LogP contribution in [0.25, 0.3) is 0 Å². The van der Waals surface area contributed by atoms with Gasteiger partial charge >= 0.3 is 0 Å². The average molecular weight is 338 g/mol. The molecule has 132 valence electrons. The van der Waals surface area contributed by atoms with Crippen molar-refractivity contribution in [3.63, 3.8) is 0 Å². The van der Waals surface area contributed by atoms with Gasteiger partial charge in [0.05, 0.1) is 11.8 Å². The maximum absolute atomic E-state index is 6.74. The maximum Gasteiger partial charge on any atom is 0.192 e. The highest BCUT2D eigenvalue weighted by Crippen LogP contribution is 2.39. The third-order valence-electron chi connectivity index (χ3n) is 5.60. The lowest BCUT2D eigenvalue weighted by molar-refractivity contribution is 0.0983. The van der Waals surface area contributed by atoms with Crippen LogP contribution in [0.15, 0.2) is 12.3 Å². The van der Waals surface area contributed by atoms with Gasteiger partial charge in [0.25, 0.3) is 0 Å². The fourth-order valence-electron chi connectivity index (χ4n) is 3.06. The number of aryl methyl sites for hydroxylation is 1. The van der Waals surface area contributed by atoms with Crippen LogP contribution in [-0.2, 0) is 17.5 Å². The lowest BCUT2D eigenvalue weighted by atomic mass is 9.92. The third kappa shape index (κ3) is 4.67. The maximum atomic E-state index is 6.74. The van der Waals surface area contributed by atoms with E-state index in [0.717, 1.165) is 13.1 Å². The Morgan fingerprint density at radius 2 is 2.00 bits per heavy atom. The molecule has 0 aromatic carbocycles. The van der Waals surface area contributed by atoms with Crippen molar-refractivity contribution < 1.29 is 4.43 Å². The van der Waals surface area contributed by atoms with Gasteiger partial charge in [0, 0.05) is 25.3 Å². The van der Waals surface area contributed by atoms with Gasteiger partial charge in [-0.25, -0.2) is 0 Å². The Morgan fingerprint density at radius 3 is 2.65 bits per heavy atom. The molecule has 0 radical (unpaired) electrons. The van der Waals surface area contributed by atoms with E-state index >= 15 is 0 Å². The quantitative estimate of drug-likeness (QED) is 0.786. The minimum atomic E-state index is -1.70. The highest BCUT2D eigenvalue weighted by Gasteiger charge is 2.41. The SMILES string of the molecule is CCn1nccc1CN[C@H]1CCCC[C@@H]1O[Si](C)(C)C(C)(C)C. The van der Waals surface area contributed by atoms with Gasteiger partial charge in [0.1, 0.15) is 0 Å². The predicted molar refractivity (Wildman–Crippen MR) is 99.1 cm³/mol. The first-order chi connectivity index (χ1) is 10.7. The lowest BCUT2D eigenvalue weighted by Crippen LogP contribution is -2.51. The van der Waals surface area contributed by atoms with Crippen molar-refractivity contribution in [2.75, 3.05) is 0 Å². The van der Waals surface area contributed by atoms with Gasteiger partial charge in [0.2, 0.25) is 0 Å². The molecule has 1 aliphatic carbocycles. The monoisotopic (exact) mass is 337 g/mol. The molecular formula is C18H35N3OSi. The second-order valence-corrected chi connectivity index (χ2v) is 13.1. The van der Waals surface area contributed by atoms with Crippen LogP contribution in [0.4, 0.5) is 0 Å². The van der Waals surface area contributed by atoms with Gasteiger partial charge < -0.3 is 9.74 Å². The summed E-state index contributed by atoms with van der Waals surface area (Å²) in [5, 5.41) is 8.39. The molecule has 0 spiro atoms. The van der Waals surface area contributed by atoms with E-state index in [0.29, 0.717) is 12.1 Å².